The number of pyridine rings is 1. The Hall–Kier alpha value is -3.92. The van der Waals surface area contributed by atoms with Gasteiger partial charge in [0.25, 0.3) is 5.56 Å². The molecule has 0 fully saturated rings. The van der Waals surface area contributed by atoms with E-state index in [-0.39, 0.29) is 30.6 Å². The van der Waals surface area contributed by atoms with Crippen LogP contribution in [0.15, 0.2) is 53.3 Å². The number of tetrazole rings is 1. The molecule has 0 radical (unpaired) electrons. The molecule has 0 aliphatic heterocycles. The number of esters is 1. The molecule has 4 aromatic rings. The molecule has 0 amide bonds. The van der Waals surface area contributed by atoms with Gasteiger partial charge in [-0.3, -0.25) is 14.5 Å². The zero-order chi connectivity index (χ0) is 25.7. The number of hydrogen-bond acceptors (Lipinski definition) is 7. The van der Waals surface area contributed by atoms with Gasteiger partial charge in [0, 0.05) is 24.2 Å². The van der Waals surface area contributed by atoms with Crippen LogP contribution in [-0.4, -0.2) is 42.7 Å². The largest absolute Gasteiger partial charge is 0.465 e. The summed E-state index contributed by atoms with van der Waals surface area (Å²) in [7, 11) is 0. The monoisotopic (exact) mass is 492 g/mol. The van der Waals surface area contributed by atoms with Crippen LogP contribution in [-0.2, 0) is 29.2 Å². The Labute approximate surface area is 207 Å². The summed E-state index contributed by atoms with van der Waals surface area (Å²) in [6, 6.07) is 13.7. The van der Waals surface area contributed by atoms with Crippen LogP contribution >= 0.6 is 0 Å². The number of hydrogen-bond donors (Lipinski definition) is 1. The zero-order valence-corrected chi connectivity index (χ0v) is 20.6. The van der Waals surface area contributed by atoms with Crippen molar-refractivity contribution in [1.29, 1.82) is 0 Å². The number of H-pyrrole nitrogens is 1. The number of aryl methyl sites for hydroxylation is 1. The Morgan fingerprint density at radius 3 is 2.64 bits per heavy atom. The van der Waals surface area contributed by atoms with Crippen molar-refractivity contribution in [2.45, 2.75) is 52.9 Å². The minimum Gasteiger partial charge on any atom is -0.465 e. The first kappa shape index (κ1) is 25.2. The molecular weight excluding hydrogens is 463 g/mol. The van der Waals surface area contributed by atoms with Gasteiger partial charge in [-0.25, -0.2) is 9.07 Å². The molecule has 2 aromatic heterocycles. The third kappa shape index (κ3) is 5.83. The maximum Gasteiger partial charge on any atom is 0.327 e. The fraction of sp³-hybridized carbons (Fsp3) is 0.346. The third-order valence-electron chi connectivity index (χ3n) is 6.02. The summed E-state index contributed by atoms with van der Waals surface area (Å²) < 4.78 is 20.0. The highest BCUT2D eigenvalue weighted by atomic mass is 19.1. The lowest BCUT2D eigenvalue weighted by molar-refractivity contribution is -0.144. The Balaban J connectivity index is 1.71. The van der Waals surface area contributed by atoms with Crippen LogP contribution in [0.3, 0.4) is 0 Å². The number of rotatable bonds is 10. The van der Waals surface area contributed by atoms with Gasteiger partial charge in [0.15, 0.2) is 5.82 Å². The first-order valence-corrected chi connectivity index (χ1v) is 11.9. The molecule has 0 spiro atoms. The number of benzene rings is 2. The highest BCUT2D eigenvalue weighted by Gasteiger charge is 2.27. The summed E-state index contributed by atoms with van der Waals surface area (Å²) in [5.41, 5.74) is 3.10. The first-order valence-electron chi connectivity index (χ1n) is 11.9. The van der Waals surface area contributed by atoms with Gasteiger partial charge in [-0.1, -0.05) is 31.2 Å². The second-order valence-corrected chi connectivity index (χ2v) is 8.67. The fourth-order valence-electron chi connectivity index (χ4n) is 4.29. The Morgan fingerprint density at radius 1 is 1.14 bits per heavy atom. The molecule has 0 aliphatic carbocycles. The highest BCUT2D eigenvalue weighted by molar-refractivity contribution is 5.79. The van der Waals surface area contributed by atoms with Crippen molar-refractivity contribution in [2.75, 3.05) is 6.61 Å². The van der Waals surface area contributed by atoms with Crippen LogP contribution in [0.5, 0.6) is 0 Å². The SMILES string of the molecule is CCOC(=O)Cn1nnnc1[C@H](CC)N(Cc1ccc(F)cc1)Cc1cc2ccc(C)cc2[nH]c1=O. The number of fused-ring (bicyclic) bond motifs is 1. The van der Waals surface area contributed by atoms with Gasteiger partial charge in [0.2, 0.25) is 0 Å². The van der Waals surface area contributed by atoms with E-state index >= 15 is 0 Å². The van der Waals surface area contributed by atoms with Gasteiger partial charge in [0.05, 0.1) is 12.6 Å². The number of aromatic nitrogens is 5. The Morgan fingerprint density at radius 2 is 1.92 bits per heavy atom. The number of ether oxygens (including phenoxy) is 1. The van der Waals surface area contributed by atoms with Gasteiger partial charge < -0.3 is 9.72 Å². The van der Waals surface area contributed by atoms with Crippen LogP contribution < -0.4 is 5.56 Å². The highest BCUT2D eigenvalue weighted by Crippen LogP contribution is 2.27. The molecule has 1 N–H and O–H groups in total. The molecule has 0 saturated heterocycles. The van der Waals surface area contributed by atoms with Gasteiger partial charge in [-0.05, 0) is 71.5 Å². The first-order chi connectivity index (χ1) is 17.4. The maximum absolute atomic E-state index is 13.6. The number of carbonyl (C=O) groups is 1. The number of nitrogens with one attached hydrogen (secondary N) is 1. The molecule has 0 saturated carbocycles. The van der Waals surface area contributed by atoms with Crippen LogP contribution in [0.2, 0.25) is 0 Å². The normalized spacial score (nSPS) is 12.2. The fourth-order valence-corrected chi connectivity index (χ4v) is 4.29. The van der Waals surface area contributed by atoms with Crippen molar-refractivity contribution in [2.24, 2.45) is 0 Å². The van der Waals surface area contributed by atoms with E-state index in [0.29, 0.717) is 30.9 Å². The predicted molar refractivity (Wildman–Crippen MR) is 132 cm³/mol. The summed E-state index contributed by atoms with van der Waals surface area (Å²) in [6.45, 7) is 6.54. The summed E-state index contributed by atoms with van der Waals surface area (Å²) >= 11 is 0. The average Bonchev–Trinajstić information content (AvgIpc) is 3.29. The van der Waals surface area contributed by atoms with E-state index < -0.39 is 5.97 Å². The topological polar surface area (TPSA) is 106 Å². The maximum atomic E-state index is 13.6. The van der Waals surface area contributed by atoms with E-state index in [4.69, 9.17) is 4.74 Å². The molecule has 4 rings (SSSR count). The standard InChI is InChI=1S/C26H29FN6O3/c1-4-23(25-29-30-31-33(25)16-24(34)36-5-2)32(14-18-7-10-21(27)11-8-18)15-20-13-19-9-6-17(3)12-22(19)28-26(20)35/h6-13,23H,4-5,14-16H2,1-3H3,(H,28,35)/t23-/m0/s1. The van der Waals surface area contributed by atoms with E-state index in [9.17, 15) is 14.0 Å². The molecule has 9 nitrogen and oxygen atoms in total. The molecule has 2 heterocycles. The second-order valence-electron chi connectivity index (χ2n) is 8.67. The van der Waals surface area contributed by atoms with Crippen molar-refractivity contribution in [3.8, 4) is 0 Å². The lowest BCUT2D eigenvalue weighted by Gasteiger charge is -2.30. The number of halogens is 1. The van der Waals surface area contributed by atoms with Gasteiger partial charge >= 0.3 is 5.97 Å². The van der Waals surface area contributed by atoms with E-state index in [0.717, 1.165) is 22.0 Å². The molecule has 0 unspecified atom stereocenters. The minimum absolute atomic E-state index is 0.118. The summed E-state index contributed by atoms with van der Waals surface area (Å²) in [5, 5.41) is 12.9. The van der Waals surface area contributed by atoms with Crippen LogP contribution in [0, 0.1) is 12.7 Å². The van der Waals surface area contributed by atoms with Crippen molar-refractivity contribution in [3.05, 3.63) is 87.2 Å². The van der Waals surface area contributed by atoms with Gasteiger partial charge in [0.1, 0.15) is 12.4 Å². The molecule has 0 bridgehead atoms. The molecular formula is C26H29FN6O3. The molecule has 10 heteroatoms. The molecule has 0 aliphatic rings. The van der Waals surface area contributed by atoms with E-state index in [2.05, 4.69) is 25.4 Å². The minimum atomic E-state index is -0.438. The van der Waals surface area contributed by atoms with Crippen molar-refractivity contribution in [1.82, 2.24) is 30.1 Å². The van der Waals surface area contributed by atoms with Crippen LogP contribution in [0.25, 0.3) is 10.9 Å². The van der Waals surface area contributed by atoms with E-state index in [1.54, 1.807) is 19.1 Å². The average molecular weight is 493 g/mol. The van der Waals surface area contributed by atoms with Crippen molar-refractivity contribution < 1.29 is 13.9 Å². The summed E-state index contributed by atoms with van der Waals surface area (Å²) in [6.07, 6.45) is 0.606. The van der Waals surface area contributed by atoms with Crippen molar-refractivity contribution in [3.63, 3.8) is 0 Å². The smallest absolute Gasteiger partial charge is 0.327 e. The summed E-state index contributed by atoms with van der Waals surface area (Å²) in [4.78, 5) is 30.2. The van der Waals surface area contributed by atoms with Gasteiger partial charge in [-0.15, -0.1) is 5.10 Å². The number of carbonyl (C=O) groups excluding carboxylic acids is 1. The van der Waals surface area contributed by atoms with Gasteiger partial charge in [-0.2, -0.15) is 0 Å². The summed E-state index contributed by atoms with van der Waals surface area (Å²) in [5.74, 6) is -0.273. The lowest BCUT2D eigenvalue weighted by atomic mass is 10.1. The molecule has 36 heavy (non-hydrogen) atoms. The van der Waals surface area contributed by atoms with E-state index in [1.165, 1.54) is 16.8 Å². The van der Waals surface area contributed by atoms with E-state index in [1.807, 2.05) is 38.1 Å². The van der Waals surface area contributed by atoms with Crippen LogP contribution in [0.4, 0.5) is 4.39 Å². The lowest BCUT2D eigenvalue weighted by Crippen LogP contribution is -2.33. The Kier molecular flexibility index (Phi) is 7.84. The second kappa shape index (κ2) is 11.2. The van der Waals surface area contributed by atoms with Crippen LogP contribution in [0.1, 0.15) is 48.8 Å². The van der Waals surface area contributed by atoms with Crippen molar-refractivity contribution >= 4 is 16.9 Å². The number of aromatic amines is 1. The molecule has 188 valence electrons. The zero-order valence-electron chi connectivity index (χ0n) is 20.6. The Bertz CT molecular complexity index is 1400. The number of nitrogens with zero attached hydrogens (tertiary/aromatic N) is 5. The molecule has 1 atom stereocenters. The quantitative estimate of drug-likeness (QED) is 0.337. The molecule has 2 aromatic carbocycles. The predicted octanol–water partition coefficient (Wildman–Crippen LogP) is 3.68. The third-order valence-corrected chi connectivity index (χ3v) is 6.02.